The first-order valence-corrected chi connectivity index (χ1v) is 8.96. The van der Waals surface area contributed by atoms with Gasteiger partial charge in [0, 0.05) is 0 Å². The van der Waals surface area contributed by atoms with E-state index in [4.69, 9.17) is 33.3 Å². The van der Waals surface area contributed by atoms with Gasteiger partial charge in [-0.05, 0) is 67.9 Å². The Kier molecular flexibility index (Phi) is 5.35. The lowest BCUT2D eigenvalue weighted by atomic mass is 10.1. The molecule has 2 aromatic carbocycles. The lowest BCUT2D eigenvalue weighted by Gasteiger charge is -2.22. The summed E-state index contributed by atoms with van der Waals surface area (Å²) >= 11 is 11.8. The van der Waals surface area contributed by atoms with E-state index in [0.717, 1.165) is 33.9 Å². The van der Waals surface area contributed by atoms with E-state index in [0.29, 0.717) is 23.3 Å². The fraction of sp³-hybridized carbons (Fsp3) is 0.316. The first-order chi connectivity index (χ1) is 11.9. The van der Waals surface area contributed by atoms with E-state index in [1.807, 2.05) is 45.0 Å². The Morgan fingerprint density at radius 1 is 1.12 bits per heavy atom. The minimum atomic E-state index is 0.0142. The summed E-state index contributed by atoms with van der Waals surface area (Å²) in [6, 6.07) is 9.93. The molecule has 1 aliphatic heterocycles. The van der Waals surface area contributed by atoms with Crippen molar-refractivity contribution in [2.45, 2.75) is 26.8 Å². The van der Waals surface area contributed by atoms with Gasteiger partial charge in [0.05, 0.1) is 16.8 Å². The number of ether oxygens (including phenoxy) is 2. The number of nitrogens with one attached hydrogen (secondary N) is 2. The van der Waals surface area contributed by atoms with Crippen molar-refractivity contribution in [3.05, 3.63) is 52.0 Å². The van der Waals surface area contributed by atoms with Gasteiger partial charge in [0.15, 0.2) is 16.6 Å². The highest BCUT2D eigenvalue weighted by Gasteiger charge is 2.15. The number of hydrogen-bond acceptors (Lipinski definition) is 3. The average Bonchev–Trinajstić information content (AvgIpc) is 2.57. The maximum Gasteiger partial charge on any atom is 0.171 e. The lowest BCUT2D eigenvalue weighted by molar-refractivity contribution is 0.171. The van der Waals surface area contributed by atoms with Crippen molar-refractivity contribution in [3.8, 4) is 11.5 Å². The quantitative estimate of drug-likeness (QED) is 0.755. The summed E-state index contributed by atoms with van der Waals surface area (Å²) in [7, 11) is 0. The van der Waals surface area contributed by atoms with Gasteiger partial charge < -0.3 is 20.1 Å². The number of benzene rings is 2. The zero-order chi connectivity index (χ0) is 18.0. The van der Waals surface area contributed by atoms with Gasteiger partial charge >= 0.3 is 0 Å². The Morgan fingerprint density at radius 3 is 2.56 bits per heavy atom. The van der Waals surface area contributed by atoms with E-state index in [2.05, 4.69) is 16.7 Å². The smallest absolute Gasteiger partial charge is 0.171 e. The van der Waals surface area contributed by atoms with Crippen LogP contribution in [-0.2, 0) is 0 Å². The number of halogens is 1. The monoisotopic (exact) mass is 376 g/mol. The summed E-state index contributed by atoms with van der Waals surface area (Å²) in [5.74, 6) is 1.55. The molecule has 0 aromatic heterocycles. The van der Waals surface area contributed by atoms with E-state index >= 15 is 0 Å². The minimum absolute atomic E-state index is 0.0142. The Balaban J connectivity index is 1.69. The first-order valence-electron chi connectivity index (χ1n) is 8.18. The first kappa shape index (κ1) is 17.8. The van der Waals surface area contributed by atoms with Crippen molar-refractivity contribution in [1.82, 2.24) is 5.32 Å². The SMILES string of the molecule is Cc1cc(C)c(NC(=S)N[C@H](C)c2ccc3c(c2)OCCO3)c(Cl)c1. The van der Waals surface area contributed by atoms with E-state index in [9.17, 15) is 0 Å². The number of hydrogen-bond donors (Lipinski definition) is 2. The van der Waals surface area contributed by atoms with Gasteiger partial charge in [-0.1, -0.05) is 23.7 Å². The third-order valence-corrected chi connectivity index (χ3v) is 4.60. The molecule has 1 aliphatic rings. The zero-order valence-corrected chi connectivity index (χ0v) is 16.1. The third-order valence-electron chi connectivity index (χ3n) is 4.08. The molecule has 132 valence electrons. The summed E-state index contributed by atoms with van der Waals surface area (Å²) < 4.78 is 11.2. The number of fused-ring (bicyclic) bond motifs is 1. The number of aryl methyl sites for hydroxylation is 2. The van der Waals surface area contributed by atoms with Crippen LogP contribution in [0.5, 0.6) is 11.5 Å². The van der Waals surface area contributed by atoms with Gasteiger partial charge in [-0.2, -0.15) is 0 Å². The van der Waals surface area contributed by atoms with Gasteiger partial charge in [0.25, 0.3) is 0 Å². The molecule has 4 nitrogen and oxygen atoms in total. The fourth-order valence-electron chi connectivity index (χ4n) is 2.83. The molecule has 1 atom stereocenters. The van der Waals surface area contributed by atoms with Crippen molar-refractivity contribution in [3.63, 3.8) is 0 Å². The highest BCUT2D eigenvalue weighted by Crippen LogP contribution is 2.33. The molecule has 0 unspecified atom stereocenters. The lowest BCUT2D eigenvalue weighted by Crippen LogP contribution is -2.31. The molecule has 2 N–H and O–H groups in total. The second-order valence-electron chi connectivity index (χ2n) is 6.16. The molecule has 0 aliphatic carbocycles. The highest BCUT2D eigenvalue weighted by molar-refractivity contribution is 7.80. The summed E-state index contributed by atoms with van der Waals surface area (Å²) in [5, 5.41) is 7.67. The molecule has 3 rings (SSSR count). The van der Waals surface area contributed by atoms with Gasteiger partial charge in [-0.3, -0.25) is 0 Å². The fourth-order valence-corrected chi connectivity index (χ4v) is 3.48. The molecule has 0 radical (unpaired) electrons. The predicted molar refractivity (Wildman–Crippen MR) is 106 cm³/mol. The molecule has 0 saturated heterocycles. The third kappa shape index (κ3) is 4.17. The zero-order valence-electron chi connectivity index (χ0n) is 14.5. The largest absolute Gasteiger partial charge is 0.486 e. The average molecular weight is 377 g/mol. The normalized spacial score (nSPS) is 13.9. The van der Waals surface area contributed by atoms with E-state index in [-0.39, 0.29) is 6.04 Å². The van der Waals surface area contributed by atoms with Crippen LogP contribution >= 0.6 is 23.8 Å². The molecule has 0 fully saturated rings. The van der Waals surface area contributed by atoms with Crippen molar-refractivity contribution >= 4 is 34.6 Å². The molecule has 0 amide bonds. The van der Waals surface area contributed by atoms with Crippen molar-refractivity contribution in [1.29, 1.82) is 0 Å². The number of rotatable bonds is 3. The maximum absolute atomic E-state index is 6.33. The van der Waals surface area contributed by atoms with Crippen molar-refractivity contribution in [2.24, 2.45) is 0 Å². The minimum Gasteiger partial charge on any atom is -0.486 e. The van der Waals surface area contributed by atoms with Crippen LogP contribution < -0.4 is 20.1 Å². The molecule has 0 bridgehead atoms. The molecule has 0 spiro atoms. The predicted octanol–water partition coefficient (Wildman–Crippen LogP) is 4.78. The topological polar surface area (TPSA) is 42.5 Å². The maximum atomic E-state index is 6.33. The van der Waals surface area contributed by atoms with Crippen LogP contribution in [0.15, 0.2) is 30.3 Å². The van der Waals surface area contributed by atoms with Crippen molar-refractivity contribution in [2.75, 3.05) is 18.5 Å². The molecular weight excluding hydrogens is 356 g/mol. The summed E-state index contributed by atoms with van der Waals surface area (Å²) in [4.78, 5) is 0. The van der Waals surface area contributed by atoms with E-state index in [1.165, 1.54) is 0 Å². The van der Waals surface area contributed by atoms with Crippen LogP contribution in [0.25, 0.3) is 0 Å². The van der Waals surface area contributed by atoms with Crippen LogP contribution in [-0.4, -0.2) is 18.3 Å². The second-order valence-corrected chi connectivity index (χ2v) is 6.98. The Labute approximate surface area is 158 Å². The Hall–Kier alpha value is -1.98. The Morgan fingerprint density at radius 2 is 1.84 bits per heavy atom. The van der Waals surface area contributed by atoms with Gasteiger partial charge in [-0.15, -0.1) is 0 Å². The molecule has 2 aromatic rings. The molecule has 25 heavy (non-hydrogen) atoms. The summed E-state index contributed by atoms with van der Waals surface area (Å²) in [6.07, 6.45) is 0. The van der Waals surface area contributed by atoms with Gasteiger partial charge in [0.1, 0.15) is 13.2 Å². The van der Waals surface area contributed by atoms with E-state index in [1.54, 1.807) is 0 Å². The van der Waals surface area contributed by atoms with Crippen LogP contribution in [0.3, 0.4) is 0 Å². The summed E-state index contributed by atoms with van der Waals surface area (Å²) in [5.41, 5.74) is 4.08. The van der Waals surface area contributed by atoms with Crippen LogP contribution in [0.2, 0.25) is 5.02 Å². The van der Waals surface area contributed by atoms with Crippen LogP contribution in [0, 0.1) is 13.8 Å². The van der Waals surface area contributed by atoms with Gasteiger partial charge in [-0.25, -0.2) is 0 Å². The standard InChI is InChI=1S/C19H21ClN2O2S/c1-11-8-12(2)18(15(20)9-11)22-19(25)21-13(3)14-4-5-16-17(10-14)24-7-6-23-16/h4-5,8-10,13H,6-7H2,1-3H3,(H2,21,22,25)/t13-/m1/s1. The molecule has 6 heteroatoms. The van der Waals surface area contributed by atoms with Crippen molar-refractivity contribution < 1.29 is 9.47 Å². The Bertz CT molecular complexity index is 787. The van der Waals surface area contributed by atoms with Crippen LogP contribution in [0.1, 0.15) is 29.7 Å². The highest BCUT2D eigenvalue weighted by atomic mass is 35.5. The number of thiocarbonyl (C=S) groups is 1. The van der Waals surface area contributed by atoms with Crippen LogP contribution in [0.4, 0.5) is 5.69 Å². The molecular formula is C19H21ClN2O2S. The molecule has 0 saturated carbocycles. The van der Waals surface area contributed by atoms with E-state index < -0.39 is 0 Å². The van der Waals surface area contributed by atoms with Gasteiger partial charge in [0.2, 0.25) is 0 Å². The second kappa shape index (κ2) is 7.50. The number of anilines is 1. The molecule has 1 heterocycles. The summed E-state index contributed by atoms with van der Waals surface area (Å²) in [6.45, 7) is 7.23.